The number of hydrogen-bond acceptors (Lipinski definition) is 4. The van der Waals surface area contributed by atoms with Crippen molar-refractivity contribution in [3.05, 3.63) is 18.3 Å². The predicted molar refractivity (Wildman–Crippen MR) is 63.2 cm³/mol. The quantitative estimate of drug-likeness (QED) is 0.870. The van der Waals surface area contributed by atoms with Crippen LogP contribution in [0.3, 0.4) is 0 Å². The highest BCUT2D eigenvalue weighted by Crippen LogP contribution is 2.44. The second kappa shape index (κ2) is 3.73. The van der Waals surface area contributed by atoms with Crippen molar-refractivity contribution >= 4 is 15.7 Å². The van der Waals surface area contributed by atoms with Crippen LogP contribution in [-0.2, 0) is 9.84 Å². The van der Waals surface area contributed by atoms with E-state index in [1.54, 1.807) is 18.3 Å². The molecule has 1 aromatic heterocycles. The van der Waals surface area contributed by atoms with Gasteiger partial charge in [-0.15, -0.1) is 0 Å². The van der Waals surface area contributed by atoms with Crippen LogP contribution in [0.25, 0.3) is 0 Å². The van der Waals surface area contributed by atoms with Crippen LogP contribution in [0.15, 0.2) is 23.2 Å². The number of nitrogens with zero attached hydrogens (tertiary/aromatic N) is 1. The van der Waals surface area contributed by atoms with Crippen LogP contribution in [-0.4, -0.2) is 26.2 Å². The standard InChI is InChI=1S/C11H16N2O2S/c1-11(5-6-11)8-13-10-9(16(2,14)15)4-3-7-12-10/h3-4,7H,5-6,8H2,1-2H3,(H,12,13). The van der Waals surface area contributed by atoms with Crippen LogP contribution in [0.5, 0.6) is 0 Å². The van der Waals surface area contributed by atoms with E-state index < -0.39 is 9.84 Å². The Balaban J connectivity index is 2.20. The lowest BCUT2D eigenvalue weighted by Crippen LogP contribution is -2.15. The molecular weight excluding hydrogens is 224 g/mol. The van der Waals surface area contributed by atoms with Gasteiger partial charge in [-0.2, -0.15) is 0 Å². The number of sulfone groups is 1. The molecule has 0 radical (unpaired) electrons. The molecule has 1 aromatic rings. The largest absolute Gasteiger partial charge is 0.368 e. The Labute approximate surface area is 96.0 Å². The molecule has 0 aliphatic heterocycles. The molecule has 1 N–H and O–H groups in total. The molecule has 1 saturated carbocycles. The molecule has 1 fully saturated rings. The average molecular weight is 240 g/mol. The van der Waals surface area contributed by atoms with E-state index in [1.165, 1.54) is 19.1 Å². The van der Waals surface area contributed by atoms with Gasteiger partial charge in [-0.3, -0.25) is 0 Å². The number of nitrogens with one attached hydrogen (secondary N) is 1. The second-order valence-corrected chi connectivity index (χ2v) is 6.77. The summed E-state index contributed by atoms with van der Waals surface area (Å²) in [5.41, 5.74) is 0.326. The summed E-state index contributed by atoms with van der Waals surface area (Å²) in [5, 5.41) is 3.13. The summed E-state index contributed by atoms with van der Waals surface area (Å²) in [4.78, 5) is 4.36. The van der Waals surface area contributed by atoms with Gasteiger partial charge in [-0.05, 0) is 30.4 Å². The molecule has 0 aromatic carbocycles. The van der Waals surface area contributed by atoms with E-state index in [1.807, 2.05) is 0 Å². The molecular formula is C11H16N2O2S. The van der Waals surface area contributed by atoms with Crippen molar-refractivity contribution in [1.82, 2.24) is 4.98 Å². The minimum atomic E-state index is -3.21. The van der Waals surface area contributed by atoms with Crippen LogP contribution in [0.4, 0.5) is 5.82 Å². The number of anilines is 1. The molecule has 0 atom stereocenters. The van der Waals surface area contributed by atoms with Gasteiger partial charge in [0.25, 0.3) is 0 Å². The summed E-state index contributed by atoms with van der Waals surface area (Å²) >= 11 is 0. The SMILES string of the molecule is CC1(CNc2ncccc2S(C)(=O)=O)CC1. The Morgan fingerprint density at radius 2 is 2.19 bits per heavy atom. The Morgan fingerprint density at radius 3 is 2.75 bits per heavy atom. The summed E-state index contributed by atoms with van der Waals surface area (Å²) < 4.78 is 23.0. The fourth-order valence-corrected chi connectivity index (χ4v) is 2.31. The first-order valence-corrected chi connectivity index (χ1v) is 7.19. The average Bonchev–Trinajstić information content (AvgIpc) is 2.94. The third kappa shape index (κ3) is 2.52. The lowest BCUT2D eigenvalue weighted by molar-refractivity contribution is 0.597. The Hall–Kier alpha value is -1.10. The van der Waals surface area contributed by atoms with E-state index >= 15 is 0 Å². The van der Waals surface area contributed by atoms with Gasteiger partial charge < -0.3 is 5.32 Å². The summed E-state index contributed by atoms with van der Waals surface area (Å²) in [6.07, 6.45) is 5.20. The van der Waals surface area contributed by atoms with Crippen LogP contribution in [0, 0.1) is 5.41 Å². The topological polar surface area (TPSA) is 59.1 Å². The predicted octanol–water partition coefficient (Wildman–Crippen LogP) is 1.70. The fourth-order valence-electron chi connectivity index (χ4n) is 1.51. The Bertz CT molecular complexity index is 492. The number of rotatable bonds is 4. The maximum Gasteiger partial charge on any atom is 0.179 e. The molecule has 4 nitrogen and oxygen atoms in total. The minimum absolute atomic E-state index is 0.277. The first kappa shape index (κ1) is 11.4. The molecule has 1 aliphatic rings. The van der Waals surface area contributed by atoms with Crippen LogP contribution in [0.1, 0.15) is 19.8 Å². The van der Waals surface area contributed by atoms with E-state index in [9.17, 15) is 8.42 Å². The van der Waals surface area contributed by atoms with E-state index in [-0.39, 0.29) is 4.90 Å². The van der Waals surface area contributed by atoms with Gasteiger partial charge in [0, 0.05) is 19.0 Å². The molecule has 5 heteroatoms. The van der Waals surface area contributed by atoms with E-state index in [0.29, 0.717) is 11.2 Å². The van der Waals surface area contributed by atoms with Gasteiger partial charge in [0.15, 0.2) is 9.84 Å². The van der Waals surface area contributed by atoms with Gasteiger partial charge in [-0.25, -0.2) is 13.4 Å². The number of pyridine rings is 1. The molecule has 16 heavy (non-hydrogen) atoms. The Kier molecular flexibility index (Phi) is 2.66. The van der Waals surface area contributed by atoms with Gasteiger partial charge >= 0.3 is 0 Å². The molecule has 88 valence electrons. The summed E-state index contributed by atoms with van der Waals surface area (Å²) in [6, 6.07) is 3.22. The maximum atomic E-state index is 11.5. The van der Waals surface area contributed by atoms with Crippen molar-refractivity contribution in [1.29, 1.82) is 0 Å². The van der Waals surface area contributed by atoms with Crippen molar-refractivity contribution in [2.45, 2.75) is 24.7 Å². The number of aromatic nitrogens is 1. The first-order valence-electron chi connectivity index (χ1n) is 5.30. The van der Waals surface area contributed by atoms with Gasteiger partial charge in [-0.1, -0.05) is 6.92 Å². The maximum absolute atomic E-state index is 11.5. The zero-order valence-corrected chi connectivity index (χ0v) is 10.3. The molecule has 0 saturated heterocycles. The van der Waals surface area contributed by atoms with Crippen molar-refractivity contribution in [2.75, 3.05) is 18.1 Å². The lowest BCUT2D eigenvalue weighted by Gasteiger charge is -2.12. The van der Waals surface area contributed by atoms with Crippen LogP contribution in [0.2, 0.25) is 0 Å². The normalized spacial score (nSPS) is 18.1. The molecule has 0 amide bonds. The highest BCUT2D eigenvalue weighted by Gasteiger charge is 2.37. The first-order chi connectivity index (χ1) is 7.41. The van der Waals surface area contributed by atoms with Gasteiger partial charge in [0.1, 0.15) is 10.7 Å². The zero-order valence-electron chi connectivity index (χ0n) is 9.53. The minimum Gasteiger partial charge on any atom is -0.368 e. The van der Waals surface area contributed by atoms with Crippen molar-refractivity contribution in [2.24, 2.45) is 5.41 Å². The molecule has 0 unspecified atom stereocenters. The molecule has 0 bridgehead atoms. The Morgan fingerprint density at radius 1 is 1.50 bits per heavy atom. The summed E-state index contributed by atoms with van der Waals surface area (Å²) in [5.74, 6) is 0.470. The number of hydrogen-bond donors (Lipinski definition) is 1. The molecule has 1 heterocycles. The molecule has 2 rings (SSSR count). The van der Waals surface area contributed by atoms with Crippen LogP contribution < -0.4 is 5.32 Å². The molecule has 1 aliphatic carbocycles. The van der Waals surface area contributed by atoms with E-state index in [0.717, 1.165) is 6.54 Å². The second-order valence-electron chi connectivity index (χ2n) is 4.79. The highest BCUT2D eigenvalue weighted by molar-refractivity contribution is 7.90. The van der Waals surface area contributed by atoms with Gasteiger partial charge in [0.05, 0.1) is 0 Å². The molecule has 0 spiro atoms. The summed E-state index contributed by atoms with van der Waals surface area (Å²) in [6.45, 7) is 2.97. The van der Waals surface area contributed by atoms with Crippen LogP contribution >= 0.6 is 0 Å². The highest BCUT2D eigenvalue weighted by atomic mass is 32.2. The van der Waals surface area contributed by atoms with E-state index in [4.69, 9.17) is 0 Å². The zero-order chi connectivity index (χ0) is 11.8. The van der Waals surface area contributed by atoms with Crippen molar-refractivity contribution in [3.8, 4) is 0 Å². The monoisotopic (exact) mass is 240 g/mol. The summed E-state index contributed by atoms with van der Waals surface area (Å²) in [7, 11) is -3.21. The van der Waals surface area contributed by atoms with Crippen molar-refractivity contribution < 1.29 is 8.42 Å². The smallest absolute Gasteiger partial charge is 0.179 e. The third-order valence-electron chi connectivity index (χ3n) is 2.96. The van der Waals surface area contributed by atoms with Gasteiger partial charge in [0.2, 0.25) is 0 Å². The third-order valence-corrected chi connectivity index (χ3v) is 4.08. The van der Waals surface area contributed by atoms with E-state index in [2.05, 4.69) is 17.2 Å². The lowest BCUT2D eigenvalue weighted by atomic mass is 10.1. The van der Waals surface area contributed by atoms with Crippen molar-refractivity contribution in [3.63, 3.8) is 0 Å². The fraction of sp³-hybridized carbons (Fsp3) is 0.545.